The van der Waals surface area contributed by atoms with Gasteiger partial charge in [-0.3, -0.25) is 4.98 Å². The lowest BCUT2D eigenvalue weighted by molar-refractivity contribution is 0.295. The van der Waals surface area contributed by atoms with Crippen molar-refractivity contribution < 1.29 is 4.74 Å². The summed E-state index contributed by atoms with van der Waals surface area (Å²) in [5, 5.41) is 3.42. The molecule has 3 heteroatoms. The molecule has 0 bridgehead atoms. The Morgan fingerprint density at radius 3 is 2.80 bits per heavy atom. The molecule has 0 spiro atoms. The molecule has 0 aliphatic heterocycles. The zero-order chi connectivity index (χ0) is 14.2. The molecule has 1 N–H and O–H groups in total. The smallest absolute Gasteiger partial charge is 0.130 e. The molecule has 0 atom stereocenters. The molecule has 2 rings (SSSR count). The Morgan fingerprint density at radius 1 is 1.15 bits per heavy atom. The van der Waals surface area contributed by atoms with E-state index in [0.717, 1.165) is 36.5 Å². The molecule has 0 saturated carbocycles. The topological polar surface area (TPSA) is 34.1 Å². The van der Waals surface area contributed by atoms with Gasteiger partial charge in [0.2, 0.25) is 0 Å². The second-order valence-corrected chi connectivity index (χ2v) is 4.85. The van der Waals surface area contributed by atoms with E-state index in [2.05, 4.69) is 42.3 Å². The average molecular weight is 270 g/mol. The molecular formula is C17H22N2O. The summed E-state index contributed by atoms with van der Waals surface area (Å²) in [6.07, 6.45) is 2.93. The predicted molar refractivity (Wildman–Crippen MR) is 81.7 cm³/mol. The third kappa shape index (κ3) is 4.07. The lowest BCUT2D eigenvalue weighted by atomic mass is 10.1. The third-order valence-electron chi connectivity index (χ3n) is 3.13. The lowest BCUT2D eigenvalue weighted by Gasteiger charge is -2.14. The molecule has 0 aliphatic carbocycles. The molecule has 2 aromatic rings. The maximum Gasteiger partial charge on any atom is 0.130 e. The minimum Gasteiger partial charge on any atom is -0.487 e. The number of aromatic nitrogens is 1. The van der Waals surface area contributed by atoms with E-state index < -0.39 is 0 Å². The van der Waals surface area contributed by atoms with Crippen molar-refractivity contribution in [3.63, 3.8) is 0 Å². The van der Waals surface area contributed by atoms with Crippen molar-refractivity contribution in [1.82, 2.24) is 10.3 Å². The highest BCUT2D eigenvalue weighted by Crippen LogP contribution is 2.24. The molecule has 0 fully saturated rings. The maximum absolute atomic E-state index is 5.98. The third-order valence-corrected chi connectivity index (χ3v) is 3.13. The van der Waals surface area contributed by atoms with Crippen LogP contribution in [-0.2, 0) is 13.2 Å². The minimum atomic E-state index is 0.506. The van der Waals surface area contributed by atoms with Crippen LogP contribution in [0.15, 0.2) is 42.6 Å². The van der Waals surface area contributed by atoms with Crippen molar-refractivity contribution in [3.05, 3.63) is 59.4 Å². The monoisotopic (exact) mass is 270 g/mol. The Hall–Kier alpha value is -1.87. The standard InChI is InChI=1S/C17H22N2O/c1-3-10-18-12-15-8-6-7-14(2)17(15)20-13-16-9-4-5-11-19-16/h4-9,11,18H,3,10,12-13H2,1-2H3. The molecule has 20 heavy (non-hydrogen) atoms. The van der Waals surface area contributed by atoms with Crippen molar-refractivity contribution in [2.24, 2.45) is 0 Å². The van der Waals surface area contributed by atoms with Crippen LogP contribution in [0.4, 0.5) is 0 Å². The zero-order valence-electron chi connectivity index (χ0n) is 12.2. The molecule has 0 amide bonds. The first-order chi connectivity index (χ1) is 9.81. The lowest BCUT2D eigenvalue weighted by Crippen LogP contribution is -2.15. The van der Waals surface area contributed by atoms with Crippen molar-refractivity contribution >= 4 is 0 Å². The summed E-state index contributed by atoms with van der Waals surface area (Å²) in [6.45, 7) is 6.62. The molecule has 1 heterocycles. The predicted octanol–water partition coefficient (Wildman–Crippen LogP) is 3.47. The summed E-state index contributed by atoms with van der Waals surface area (Å²) >= 11 is 0. The van der Waals surface area contributed by atoms with E-state index >= 15 is 0 Å². The molecule has 0 radical (unpaired) electrons. The first kappa shape index (κ1) is 14.5. The normalized spacial score (nSPS) is 10.5. The average Bonchev–Trinajstić information content (AvgIpc) is 2.48. The van der Waals surface area contributed by atoms with Crippen LogP contribution >= 0.6 is 0 Å². The van der Waals surface area contributed by atoms with E-state index in [1.165, 1.54) is 5.56 Å². The summed E-state index contributed by atoms with van der Waals surface area (Å²) in [6, 6.07) is 12.1. The largest absolute Gasteiger partial charge is 0.487 e. The second-order valence-electron chi connectivity index (χ2n) is 4.85. The fraction of sp³-hybridized carbons (Fsp3) is 0.353. The van der Waals surface area contributed by atoms with E-state index in [9.17, 15) is 0 Å². The molecule has 0 aliphatic rings. The Kier molecular flexibility index (Phi) is 5.56. The number of rotatable bonds is 7. The van der Waals surface area contributed by atoms with Gasteiger partial charge in [-0.15, -0.1) is 0 Å². The van der Waals surface area contributed by atoms with Crippen LogP contribution in [0.5, 0.6) is 5.75 Å². The highest BCUT2D eigenvalue weighted by Gasteiger charge is 2.07. The highest BCUT2D eigenvalue weighted by atomic mass is 16.5. The molecular weight excluding hydrogens is 248 g/mol. The van der Waals surface area contributed by atoms with Crippen molar-refractivity contribution in [2.45, 2.75) is 33.4 Å². The quantitative estimate of drug-likeness (QED) is 0.782. The van der Waals surface area contributed by atoms with E-state index in [4.69, 9.17) is 4.74 Å². The van der Waals surface area contributed by atoms with E-state index in [1.807, 2.05) is 18.2 Å². The summed E-state index contributed by atoms with van der Waals surface area (Å²) in [5.41, 5.74) is 3.31. The number of aryl methyl sites for hydroxylation is 1. The number of hydrogen-bond acceptors (Lipinski definition) is 3. The van der Waals surface area contributed by atoms with Gasteiger partial charge in [0.05, 0.1) is 5.69 Å². The SMILES string of the molecule is CCCNCc1cccc(C)c1OCc1ccccn1. The van der Waals surface area contributed by atoms with Gasteiger partial charge in [-0.1, -0.05) is 31.2 Å². The summed E-state index contributed by atoms with van der Waals surface area (Å²) in [5.74, 6) is 0.974. The van der Waals surface area contributed by atoms with Gasteiger partial charge in [-0.2, -0.15) is 0 Å². The second kappa shape index (κ2) is 7.65. The molecule has 3 nitrogen and oxygen atoms in total. The van der Waals surface area contributed by atoms with Gasteiger partial charge in [0.1, 0.15) is 12.4 Å². The number of ether oxygens (including phenoxy) is 1. The van der Waals surface area contributed by atoms with Crippen LogP contribution in [0.3, 0.4) is 0 Å². The summed E-state index contributed by atoms with van der Waals surface area (Å²) < 4.78 is 5.98. The minimum absolute atomic E-state index is 0.506. The van der Waals surface area contributed by atoms with Crippen molar-refractivity contribution in [1.29, 1.82) is 0 Å². The number of hydrogen-bond donors (Lipinski definition) is 1. The Labute approximate surface area is 121 Å². The van der Waals surface area contributed by atoms with Gasteiger partial charge < -0.3 is 10.1 Å². The fourth-order valence-corrected chi connectivity index (χ4v) is 2.09. The van der Waals surface area contributed by atoms with Crippen molar-refractivity contribution in [3.8, 4) is 5.75 Å². The van der Waals surface area contributed by atoms with Crippen LogP contribution < -0.4 is 10.1 Å². The number of para-hydroxylation sites is 1. The Balaban J connectivity index is 2.05. The summed E-state index contributed by atoms with van der Waals surface area (Å²) in [7, 11) is 0. The van der Waals surface area contributed by atoms with Crippen LogP contribution in [0, 0.1) is 6.92 Å². The maximum atomic E-state index is 5.98. The first-order valence-electron chi connectivity index (χ1n) is 7.13. The van der Waals surface area contributed by atoms with E-state index in [1.54, 1.807) is 6.20 Å². The zero-order valence-corrected chi connectivity index (χ0v) is 12.2. The Bertz CT molecular complexity index is 526. The van der Waals surface area contributed by atoms with Gasteiger partial charge in [0.15, 0.2) is 0 Å². The molecule has 0 unspecified atom stereocenters. The highest BCUT2D eigenvalue weighted by molar-refractivity contribution is 5.40. The first-order valence-corrected chi connectivity index (χ1v) is 7.13. The van der Waals surface area contributed by atoms with Gasteiger partial charge in [0.25, 0.3) is 0 Å². The van der Waals surface area contributed by atoms with Crippen LogP contribution in [-0.4, -0.2) is 11.5 Å². The molecule has 1 aromatic carbocycles. The summed E-state index contributed by atoms with van der Waals surface area (Å²) in [4.78, 5) is 4.29. The number of benzene rings is 1. The molecule has 1 aromatic heterocycles. The van der Waals surface area contributed by atoms with Gasteiger partial charge in [0, 0.05) is 18.3 Å². The van der Waals surface area contributed by atoms with Gasteiger partial charge >= 0.3 is 0 Å². The van der Waals surface area contributed by atoms with Crippen LogP contribution in [0.1, 0.15) is 30.2 Å². The van der Waals surface area contributed by atoms with Crippen LogP contribution in [0.2, 0.25) is 0 Å². The van der Waals surface area contributed by atoms with E-state index in [-0.39, 0.29) is 0 Å². The molecule has 106 valence electrons. The van der Waals surface area contributed by atoms with Crippen molar-refractivity contribution in [2.75, 3.05) is 6.54 Å². The van der Waals surface area contributed by atoms with Gasteiger partial charge in [-0.25, -0.2) is 0 Å². The Morgan fingerprint density at radius 2 is 2.05 bits per heavy atom. The van der Waals surface area contributed by atoms with E-state index in [0.29, 0.717) is 6.61 Å². The number of pyridine rings is 1. The van der Waals surface area contributed by atoms with Crippen LogP contribution in [0.25, 0.3) is 0 Å². The number of nitrogens with zero attached hydrogens (tertiary/aromatic N) is 1. The number of nitrogens with one attached hydrogen (secondary N) is 1. The fourth-order valence-electron chi connectivity index (χ4n) is 2.09. The molecule has 0 saturated heterocycles. The van der Waals surface area contributed by atoms with Gasteiger partial charge in [-0.05, 0) is 37.6 Å².